The molecule has 0 aliphatic carbocycles. The summed E-state index contributed by atoms with van der Waals surface area (Å²) in [6.07, 6.45) is 1.22. The van der Waals surface area contributed by atoms with Crippen molar-refractivity contribution in [2.45, 2.75) is 30.9 Å². The zero-order valence-electron chi connectivity index (χ0n) is 14.7. The van der Waals surface area contributed by atoms with Crippen molar-refractivity contribution >= 4 is 33.0 Å². The number of piperidine rings is 1. The first-order valence-corrected chi connectivity index (χ1v) is 10.7. The predicted molar refractivity (Wildman–Crippen MR) is 100 cm³/mol. The molecule has 140 valence electrons. The van der Waals surface area contributed by atoms with Crippen LogP contribution >= 0.6 is 11.3 Å². The van der Waals surface area contributed by atoms with E-state index in [1.54, 1.807) is 25.1 Å². The number of anilines is 1. The van der Waals surface area contributed by atoms with Crippen LogP contribution in [0.2, 0.25) is 0 Å². The zero-order valence-corrected chi connectivity index (χ0v) is 16.3. The van der Waals surface area contributed by atoms with Gasteiger partial charge in [0.1, 0.15) is 10.0 Å². The first-order valence-electron chi connectivity index (χ1n) is 8.41. The fraction of sp³-hybridized carbons (Fsp3) is 0.389. The minimum absolute atomic E-state index is 0.138. The number of halogens is 1. The molecule has 1 fully saturated rings. The number of thiophene rings is 1. The summed E-state index contributed by atoms with van der Waals surface area (Å²) < 4.78 is 40.7. The summed E-state index contributed by atoms with van der Waals surface area (Å²) in [5, 5.41) is 2.74. The fourth-order valence-corrected chi connectivity index (χ4v) is 5.98. The van der Waals surface area contributed by atoms with Gasteiger partial charge in [0.25, 0.3) is 10.0 Å². The lowest BCUT2D eigenvalue weighted by atomic mass is 9.98. The molecule has 26 heavy (non-hydrogen) atoms. The highest BCUT2D eigenvalue weighted by atomic mass is 32.2. The van der Waals surface area contributed by atoms with Gasteiger partial charge in [-0.3, -0.25) is 4.79 Å². The summed E-state index contributed by atoms with van der Waals surface area (Å²) in [6.45, 7) is 4.19. The third-order valence-electron chi connectivity index (χ3n) is 4.52. The van der Waals surface area contributed by atoms with E-state index in [4.69, 9.17) is 0 Å². The van der Waals surface area contributed by atoms with Gasteiger partial charge in [0.2, 0.25) is 5.91 Å². The molecule has 1 N–H and O–H groups in total. The van der Waals surface area contributed by atoms with Crippen LogP contribution in [0.5, 0.6) is 0 Å². The maximum Gasteiger partial charge on any atom is 0.252 e. The van der Waals surface area contributed by atoms with Gasteiger partial charge in [-0.05, 0) is 56.5 Å². The predicted octanol–water partition coefficient (Wildman–Crippen LogP) is 3.54. The molecule has 0 unspecified atom stereocenters. The molecule has 8 heteroatoms. The van der Waals surface area contributed by atoms with Crippen LogP contribution in [0.4, 0.5) is 10.1 Å². The summed E-state index contributed by atoms with van der Waals surface area (Å²) in [5.74, 6) is -1.16. The summed E-state index contributed by atoms with van der Waals surface area (Å²) in [4.78, 5) is 13.5. The lowest BCUT2D eigenvalue weighted by Gasteiger charge is -2.30. The lowest BCUT2D eigenvalue weighted by molar-refractivity contribution is -0.120. The highest BCUT2D eigenvalue weighted by Gasteiger charge is 2.34. The Morgan fingerprint density at radius 3 is 2.73 bits per heavy atom. The Balaban J connectivity index is 1.74. The highest BCUT2D eigenvalue weighted by Crippen LogP contribution is 2.29. The lowest BCUT2D eigenvalue weighted by Crippen LogP contribution is -2.43. The fourth-order valence-electron chi connectivity index (χ4n) is 3.02. The number of carbonyl (C=O) groups excluding carboxylic acids is 1. The Morgan fingerprint density at radius 1 is 1.27 bits per heavy atom. The maximum absolute atomic E-state index is 13.4. The van der Waals surface area contributed by atoms with Crippen molar-refractivity contribution in [3.05, 3.63) is 46.6 Å². The van der Waals surface area contributed by atoms with Crippen molar-refractivity contribution in [1.29, 1.82) is 0 Å². The van der Waals surface area contributed by atoms with Gasteiger partial charge in [-0.1, -0.05) is 6.07 Å². The molecule has 2 heterocycles. The Hall–Kier alpha value is -1.77. The van der Waals surface area contributed by atoms with Crippen molar-refractivity contribution < 1.29 is 17.6 Å². The summed E-state index contributed by atoms with van der Waals surface area (Å²) in [5.41, 5.74) is 1.18. The van der Waals surface area contributed by atoms with E-state index in [-0.39, 0.29) is 12.5 Å². The average Bonchev–Trinajstić information content (AvgIpc) is 3.05. The molecule has 0 spiro atoms. The van der Waals surface area contributed by atoms with Crippen LogP contribution in [0.15, 0.2) is 34.5 Å². The molecule has 0 saturated carbocycles. The largest absolute Gasteiger partial charge is 0.325 e. The number of sulfonamides is 1. The summed E-state index contributed by atoms with van der Waals surface area (Å²) in [6, 6.07) is 7.59. The minimum Gasteiger partial charge on any atom is -0.325 e. The van der Waals surface area contributed by atoms with Gasteiger partial charge >= 0.3 is 0 Å². The smallest absolute Gasteiger partial charge is 0.252 e. The number of amides is 1. The second-order valence-electron chi connectivity index (χ2n) is 6.52. The first-order chi connectivity index (χ1) is 12.3. The van der Waals surface area contributed by atoms with Gasteiger partial charge in [-0.15, -0.1) is 11.3 Å². The molecule has 2 aromatic rings. The number of carbonyl (C=O) groups is 1. The van der Waals surface area contributed by atoms with Crippen LogP contribution < -0.4 is 5.32 Å². The standard InChI is InChI=1S/C18H21FN2O3S2/c1-12-5-7-15(19)10-16(12)20-18(22)14-4-3-9-21(11-14)26(23,24)17-8-6-13(2)25-17/h5-8,10,14H,3-4,9,11H2,1-2H3,(H,20,22)/t14-/m1/s1. The van der Waals surface area contributed by atoms with Crippen LogP contribution in [0.1, 0.15) is 23.3 Å². The number of hydrogen-bond donors (Lipinski definition) is 1. The van der Waals surface area contributed by atoms with Crippen molar-refractivity contribution in [2.24, 2.45) is 5.92 Å². The zero-order chi connectivity index (χ0) is 18.9. The van der Waals surface area contributed by atoms with E-state index >= 15 is 0 Å². The number of rotatable bonds is 4. The number of benzene rings is 1. The summed E-state index contributed by atoms with van der Waals surface area (Å²) in [7, 11) is -3.58. The van der Waals surface area contributed by atoms with E-state index in [9.17, 15) is 17.6 Å². The molecule has 5 nitrogen and oxygen atoms in total. The molecule has 1 saturated heterocycles. The topological polar surface area (TPSA) is 66.5 Å². The Labute approximate surface area is 156 Å². The van der Waals surface area contributed by atoms with E-state index < -0.39 is 21.8 Å². The molecular formula is C18H21FN2O3S2. The number of nitrogens with one attached hydrogen (secondary N) is 1. The monoisotopic (exact) mass is 396 g/mol. The van der Waals surface area contributed by atoms with Crippen LogP contribution in [0, 0.1) is 25.6 Å². The molecular weight excluding hydrogens is 375 g/mol. The maximum atomic E-state index is 13.4. The number of aryl methyl sites for hydroxylation is 2. The van der Waals surface area contributed by atoms with Crippen LogP contribution in [-0.2, 0) is 14.8 Å². The van der Waals surface area contributed by atoms with E-state index in [1.165, 1.54) is 27.8 Å². The minimum atomic E-state index is -3.58. The average molecular weight is 397 g/mol. The van der Waals surface area contributed by atoms with E-state index in [0.717, 1.165) is 10.4 Å². The molecule has 1 amide bonds. The normalized spacial score (nSPS) is 18.7. The molecule has 1 aliphatic heterocycles. The SMILES string of the molecule is Cc1ccc(S(=O)(=O)N2CCC[C@@H](C(=O)Nc3cc(F)ccc3C)C2)s1. The number of hydrogen-bond acceptors (Lipinski definition) is 4. The van der Waals surface area contributed by atoms with Crippen molar-refractivity contribution in [3.63, 3.8) is 0 Å². The highest BCUT2D eigenvalue weighted by molar-refractivity contribution is 7.91. The number of nitrogens with zero attached hydrogens (tertiary/aromatic N) is 1. The van der Waals surface area contributed by atoms with E-state index in [0.29, 0.717) is 29.3 Å². The van der Waals surface area contributed by atoms with Crippen LogP contribution in [-0.4, -0.2) is 31.7 Å². The van der Waals surface area contributed by atoms with Gasteiger partial charge in [-0.2, -0.15) is 4.31 Å². The summed E-state index contributed by atoms with van der Waals surface area (Å²) >= 11 is 1.23. The van der Waals surface area contributed by atoms with Crippen molar-refractivity contribution in [2.75, 3.05) is 18.4 Å². The van der Waals surface area contributed by atoms with E-state index in [1.807, 2.05) is 6.92 Å². The quantitative estimate of drug-likeness (QED) is 0.860. The van der Waals surface area contributed by atoms with Crippen LogP contribution in [0.25, 0.3) is 0 Å². The third-order valence-corrected chi connectivity index (χ3v) is 7.86. The van der Waals surface area contributed by atoms with Gasteiger partial charge in [-0.25, -0.2) is 12.8 Å². The Kier molecular flexibility index (Phi) is 5.45. The second kappa shape index (κ2) is 7.46. The van der Waals surface area contributed by atoms with E-state index in [2.05, 4.69) is 5.32 Å². The van der Waals surface area contributed by atoms with Gasteiger partial charge in [0.15, 0.2) is 0 Å². The van der Waals surface area contributed by atoms with Gasteiger partial charge in [0.05, 0.1) is 5.92 Å². The molecule has 0 bridgehead atoms. The van der Waals surface area contributed by atoms with Crippen molar-refractivity contribution in [3.8, 4) is 0 Å². The Bertz CT molecular complexity index is 924. The molecule has 1 aromatic heterocycles. The molecule has 1 atom stereocenters. The van der Waals surface area contributed by atoms with Crippen LogP contribution in [0.3, 0.4) is 0 Å². The van der Waals surface area contributed by atoms with Crippen molar-refractivity contribution in [1.82, 2.24) is 4.31 Å². The first kappa shape index (κ1) is 19.0. The molecule has 1 aromatic carbocycles. The second-order valence-corrected chi connectivity index (χ2v) is 9.97. The Morgan fingerprint density at radius 2 is 2.04 bits per heavy atom. The molecule has 1 aliphatic rings. The third kappa shape index (κ3) is 3.97. The molecule has 3 rings (SSSR count). The van der Waals surface area contributed by atoms with Gasteiger partial charge in [0, 0.05) is 23.7 Å². The van der Waals surface area contributed by atoms with Gasteiger partial charge < -0.3 is 5.32 Å². The molecule has 0 radical (unpaired) electrons.